The van der Waals surface area contributed by atoms with Crippen molar-refractivity contribution in [1.29, 1.82) is 0 Å². The Kier molecular flexibility index (Phi) is 3.21. The molecule has 5 heteroatoms. The standard InChI is InChI=1S/C12H11F3OS/c1-7(16)10-6-11(10)8-2-4-9(5-3-8)17-12(13,14)15/h2-5,10-11H,6H2,1H3. The number of carbonyl (C=O) groups excluding carboxylic acids is 1. The van der Waals surface area contributed by atoms with E-state index in [1.807, 2.05) is 0 Å². The molecule has 1 aliphatic rings. The minimum Gasteiger partial charge on any atom is -0.300 e. The van der Waals surface area contributed by atoms with Gasteiger partial charge in [0.05, 0.1) is 0 Å². The first-order chi connectivity index (χ1) is 7.87. The van der Waals surface area contributed by atoms with Crippen molar-refractivity contribution in [2.75, 3.05) is 0 Å². The second-order valence-electron chi connectivity index (χ2n) is 4.18. The quantitative estimate of drug-likeness (QED) is 0.764. The number of ketones is 1. The molecule has 0 saturated heterocycles. The summed E-state index contributed by atoms with van der Waals surface area (Å²) in [5, 5.41) is 0. The molecule has 0 aromatic heterocycles. The maximum Gasteiger partial charge on any atom is 0.446 e. The van der Waals surface area contributed by atoms with Gasteiger partial charge in [0.2, 0.25) is 0 Å². The number of hydrogen-bond donors (Lipinski definition) is 0. The molecule has 1 fully saturated rings. The topological polar surface area (TPSA) is 17.1 Å². The van der Waals surface area contributed by atoms with Gasteiger partial charge in [-0.1, -0.05) is 12.1 Å². The van der Waals surface area contributed by atoms with Crippen molar-refractivity contribution >= 4 is 17.5 Å². The summed E-state index contributed by atoms with van der Waals surface area (Å²) in [4.78, 5) is 11.3. The summed E-state index contributed by atoms with van der Waals surface area (Å²) in [6, 6.07) is 6.29. The second-order valence-corrected chi connectivity index (χ2v) is 5.31. The van der Waals surface area contributed by atoms with Gasteiger partial charge in [-0.2, -0.15) is 13.2 Å². The molecule has 0 N–H and O–H groups in total. The summed E-state index contributed by atoms with van der Waals surface area (Å²) < 4.78 is 36.3. The Labute approximate surface area is 101 Å². The van der Waals surface area contributed by atoms with Crippen LogP contribution in [0.4, 0.5) is 13.2 Å². The van der Waals surface area contributed by atoms with Crippen LogP contribution in [-0.4, -0.2) is 11.3 Å². The highest BCUT2D eigenvalue weighted by Crippen LogP contribution is 2.48. The molecule has 0 amide bonds. The Morgan fingerprint density at radius 2 is 1.88 bits per heavy atom. The number of thioether (sulfide) groups is 1. The Morgan fingerprint density at radius 3 is 2.29 bits per heavy atom. The molecule has 0 spiro atoms. The van der Waals surface area contributed by atoms with Crippen molar-refractivity contribution in [2.45, 2.75) is 29.7 Å². The fourth-order valence-corrected chi connectivity index (χ4v) is 2.47. The second kappa shape index (κ2) is 4.37. The molecule has 0 aliphatic heterocycles. The molecule has 1 aromatic rings. The van der Waals surface area contributed by atoms with Gasteiger partial charge in [-0.3, -0.25) is 4.79 Å². The molecule has 0 radical (unpaired) electrons. The van der Waals surface area contributed by atoms with Crippen LogP contribution in [0.3, 0.4) is 0 Å². The Morgan fingerprint density at radius 1 is 1.29 bits per heavy atom. The Bertz CT molecular complexity index is 424. The number of alkyl halides is 3. The van der Waals surface area contributed by atoms with Crippen LogP contribution < -0.4 is 0 Å². The monoisotopic (exact) mass is 260 g/mol. The van der Waals surface area contributed by atoms with Crippen molar-refractivity contribution < 1.29 is 18.0 Å². The van der Waals surface area contributed by atoms with Gasteiger partial charge in [0, 0.05) is 10.8 Å². The molecule has 0 bridgehead atoms. The minimum atomic E-state index is -4.25. The van der Waals surface area contributed by atoms with E-state index in [2.05, 4.69) is 0 Å². The molecule has 1 aliphatic carbocycles. The third-order valence-corrected chi connectivity index (χ3v) is 3.59. The predicted octanol–water partition coefficient (Wildman–Crippen LogP) is 3.99. The van der Waals surface area contributed by atoms with E-state index in [4.69, 9.17) is 0 Å². The predicted molar refractivity (Wildman–Crippen MR) is 59.9 cm³/mol. The first-order valence-electron chi connectivity index (χ1n) is 5.23. The van der Waals surface area contributed by atoms with Crippen LogP contribution in [0.5, 0.6) is 0 Å². The molecule has 2 rings (SSSR count). The van der Waals surface area contributed by atoms with E-state index in [0.717, 1.165) is 12.0 Å². The highest BCUT2D eigenvalue weighted by molar-refractivity contribution is 8.00. The number of carbonyl (C=O) groups is 1. The maximum atomic E-state index is 12.1. The van der Waals surface area contributed by atoms with E-state index in [0.29, 0.717) is 0 Å². The average molecular weight is 260 g/mol. The molecule has 92 valence electrons. The van der Waals surface area contributed by atoms with Gasteiger partial charge in [0.1, 0.15) is 5.78 Å². The van der Waals surface area contributed by atoms with E-state index < -0.39 is 5.51 Å². The number of halogens is 3. The highest BCUT2D eigenvalue weighted by Gasteiger charge is 2.41. The summed E-state index contributed by atoms with van der Waals surface area (Å²) in [5.41, 5.74) is -3.29. The summed E-state index contributed by atoms with van der Waals surface area (Å²) >= 11 is -0.118. The Hall–Kier alpha value is -0.970. The first kappa shape index (κ1) is 12.5. The van der Waals surface area contributed by atoms with Crippen LogP contribution in [0.2, 0.25) is 0 Å². The Balaban J connectivity index is 2.02. The van der Waals surface area contributed by atoms with Crippen LogP contribution in [0.1, 0.15) is 24.8 Å². The third-order valence-electron chi connectivity index (χ3n) is 2.85. The normalized spacial score (nSPS) is 23.5. The van der Waals surface area contributed by atoms with Gasteiger partial charge in [-0.15, -0.1) is 0 Å². The van der Waals surface area contributed by atoms with E-state index in [9.17, 15) is 18.0 Å². The maximum absolute atomic E-state index is 12.1. The lowest BCUT2D eigenvalue weighted by Crippen LogP contribution is -1.99. The van der Waals surface area contributed by atoms with Crippen molar-refractivity contribution in [3.05, 3.63) is 29.8 Å². The molecule has 0 heterocycles. The summed E-state index contributed by atoms with van der Waals surface area (Å²) in [6.45, 7) is 1.55. The summed E-state index contributed by atoms with van der Waals surface area (Å²) in [5.74, 6) is 0.428. The fraction of sp³-hybridized carbons (Fsp3) is 0.417. The molecule has 1 nitrogen and oxygen atoms in total. The number of hydrogen-bond acceptors (Lipinski definition) is 2. The van der Waals surface area contributed by atoms with E-state index in [1.165, 1.54) is 12.1 Å². The molecule has 1 aromatic carbocycles. The molecule has 2 unspecified atom stereocenters. The molecular formula is C12H11F3OS. The van der Waals surface area contributed by atoms with Crippen LogP contribution in [0.15, 0.2) is 29.2 Å². The zero-order valence-electron chi connectivity index (χ0n) is 9.12. The third kappa shape index (κ3) is 3.25. The lowest BCUT2D eigenvalue weighted by atomic mass is 10.1. The van der Waals surface area contributed by atoms with Gasteiger partial charge >= 0.3 is 5.51 Å². The van der Waals surface area contributed by atoms with Crippen molar-refractivity contribution in [2.24, 2.45) is 5.92 Å². The van der Waals surface area contributed by atoms with Crippen LogP contribution >= 0.6 is 11.8 Å². The van der Waals surface area contributed by atoms with Crippen molar-refractivity contribution in [1.82, 2.24) is 0 Å². The largest absolute Gasteiger partial charge is 0.446 e. The fourth-order valence-electron chi connectivity index (χ4n) is 1.93. The van der Waals surface area contributed by atoms with Crippen LogP contribution in [0, 0.1) is 5.92 Å². The van der Waals surface area contributed by atoms with Gasteiger partial charge in [-0.25, -0.2) is 0 Å². The lowest BCUT2D eigenvalue weighted by Gasteiger charge is -2.06. The van der Waals surface area contributed by atoms with E-state index >= 15 is 0 Å². The molecule has 17 heavy (non-hydrogen) atoms. The average Bonchev–Trinajstić information content (AvgIpc) is 2.96. The molecule has 1 saturated carbocycles. The van der Waals surface area contributed by atoms with Gasteiger partial charge in [0.25, 0.3) is 0 Å². The van der Waals surface area contributed by atoms with Gasteiger partial charge in [-0.05, 0) is 48.7 Å². The number of rotatable bonds is 3. The van der Waals surface area contributed by atoms with E-state index in [-0.39, 0.29) is 34.3 Å². The van der Waals surface area contributed by atoms with Gasteiger partial charge < -0.3 is 0 Å². The highest BCUT2D eigenvalue weighted by atomic mass is 32.2. The number of benzene rings is 1. The zero-order valence-corrected chi connectivity index (χ0v) is 9.94. The lowest BCUT2D eigenvalue weighted by molar-refractivity contribution is -0.118. The number of Topliss-reactive ketones (excluding diaryl/α,β-unsaturated/α-hetero) is 1. The minimum absolute atomic E-state index is 0.0659. The van der Waals surface area contributed by atoms with Crippen LogP contribution in [-0.2, 0) is 4.79 Å². The van der Waals surface area contributed by atoms with Gasteiger partial charge in [0.15, 0.2) is 0 Å². The van der Waals surface area contributed by atoms with Crippen molar-refractivity contribution in [3.8, 4) is 0 Å². The van der Waals surface area contributed by atoms with Crippen LogP contribution in [0.25, 0.3) is 0 Å². The zero-order chi connectivity index (χ0) is 12.6. The molecular weight excluding hydrogens is 249 g/mol. The summed E-state index contributed by atoms with van der Waals surface area (Å²) in [6.07, 6.45) is 0.821. The molecule has 2 atom stereocenters. The smallest absolute Gasteiger partial charge is 0.300 e. The SMILES string of the molecule is CC(=O)C1CC1c1ccc(SC(F)(F)F)cc1. The first-order valence-corrected chi connectivity index (χ1v) is 6.04. The summed E-state index contributed by atoms with van der Waals surface area (Å²) in [7, 11) is 0. The van der Waals surface area contributed by atoms with Crippen molar-refractivity contribution in [3.63, 3.8) is 0 Å². The van der Waals surface area contributed by atoms with E-state index in [1.54, 1.807) is 19.1 Å².